The fourth-order valence-corrected chi connectivity index (χ4v) is 1.48. The average Bonchev–Trinajstić information content (AvgIpc) is 2.15. The number of benzene rings is 1. The molecule has 1 unspecified atom stereocenters. The SMILES string of the molecule is COc1ccc(COS(C)=O)cc1C. The molecule has 0 amide bonds. The summed E-state index contributed by atoms with van der Waals surface area (Å²) in [6, 6.07) is 5.75. The maximum Gasteiger partial charge on any atom is 0.152 e. The standard InChI is InChI=1S/C10H14O3S/c1-8-6-9(7-13-14(3)11)4-5-10(8)12-2/h4-6H,7H2,1-3H3. The smallest absolute Gasteiger partial charge is 0.152 e. The Bertz CT molecular complexity index is 336. The molecule has 0 saturated heterocycles. The van der Waals surface area contributed by atoms with E-state index in [4.69, 9.17) is 8.92 Å². The Labute approximate surface area is 86.7 Å². The number of aryl methyl sites for hydroxylation is 1. The molecule has 0 heterocycles. The van der Waals surface area contributed by atoms with Crippen LogP contribution in [0.15, 0.2) is 18.2 Å². The van der Waals surface area contributed by atoms with E-state index >= 15 is 0 Å². The van der Waals surface area contributed by atoms with Crippen LogP contribution in [0.1, 0.15) is 11.1 Å². The molecule has 1 aromatic rings. The Kier molecular flexibility index (Phi) is 4.10. The van der Waals surface area contributed by atoms with Gasteiger partial charge in [-0.25, -0.2) is 4.21 Å². The molecule has 0 aliphatic carbocycles. The summed E-state index contributed by atoms with van der Waals surface area (Å²) in [6.45, 7) is 2.33. The van der Waals surface area contributed by atoms with Crippen molar-refractivity contribution in [2.45, 2.75) is 13.5 Å². The van der Waals surface area contributed by atoms with Crippen LogP contribution in [0.5, 0.6) is 5.75 Å². The van der Waals surface area contributed by atoms with E-state index in [0.717, 1.165) is 16.9 Å². The second kappa shape index (κ2) is 5.12. The van der Waals surface area contributed by atoms with E-state index in [1.807, 2.05) is 25.1 Å². The summed E-state index contributed by atoms with van der Waals surface area (Å²) in [4.78, 5) is 0. The third-order valence-corrected chi connectivity index (χ3v) is 2.30. The van der Waals surface area contributed by atoms with Crippen LogP contribution in [0.3, 0.4) is 0 Å². The molecule has 78 valence electrons. The lowest BCUT2D eigenvalue weighted by Crippen LogP contribution is -1.96. The lowest BCUT2D eigenvalue weighted by Gasteiger charge is -2.06. The Morgan fingerprint density at radius 3 is 2.64 bits per heavy atom. The third kappa shape index (κ3) is 3.12. The minimum absolute atomic E-state index is 0.369. The first-order chi connectivity index (χ1) is 6.63. The molecule has 1 atom stereocenters. The Balaban J connectivity index is 2.71. The van der Waals surface area contributed by atoms with Gasteiger partial charge in [-0.1, -0.05) is 12.1 Å². The zero-order valence-corrected chi connectivity index (χ0v) is 9.39. The van der Waals surface area contributed by atoms with Gasteiger partial charge in [-0.2, -0.15) is 0 Å². The zero-order valence-electron chi connectivity index (χ0n) is 8.57. The Morgan fingerprint density at radius 1 is 1.43 bits per heavy atom. The largest absolute Gasteiger partial charge is 0.496 e. The maximum absolute atomic E-state index is 10.7. The van der Waals surface area contributed by atoms with Crippen molar-refractivity contribution in [1.29, 1.82) is 0 Å². The number of ether oxygens (including phenoxy) is 1. The van der Waals surface area contributed by atoms with Gasteiger partial charge in [-0.15, -0.1) is 0 Å². The Morgan fingerprint density at radius 2 is 2.14 bits per heavy atom. The van der Waals surface area contributed by atoms with Gasteiger partial charge >= 0.3 is 0 Å². The molecule has 4 heteroatoms. The average molecular weight is 214 g/mol. The fourth-order valence-electron chi connectivity index (χ4n) is 1.18. The molecule has 0 aliphatic heterocycles. The first-order valence-electron chi connectivity index (χ1n) is 4.23. The van der Waals surface area contributed by atoms with Crippen molar-refractivity contribution in [3.63, 3.8) is 0 Å². The Hall–Kier alpha value is -0.870. The van der Waals surface area contributed by atoms with Crippen LogP contribution in [0.4, 0.5) is 0 Å². The van der Waals surface area contributed by atoms with E-state index in [1.165, 1.54) is 6.26 Å². The van der Waals surface area contributed by atoms with Crippen molar-refractivity contribution in [3.8, 4) is 5.75 Å². The number of rotatable bonds is 4. The summed E-state index contributed by atoms with van der Waals surface area (Å²) in [7, 11) is 1.64. The van der Waals surface area contributed by atoms with Gasteiger partial charge in [0.25, 0.3) is 0 Å². The van der Waals surface area contributed by atoms with Gasteiger partial charge in [0.15, 0.2) is 11.1 Å². The van der Waals surface area contributed by atoms with E-state index in [2.05, 4.69) is 0 Å². The van der Waals surface area contributed by atoms with Crippen molar-refractivity contribution in [2.24, 2.45) is 0 Å². The molecular weight excluding hydrogens is 200 g/mol. The normalized spacial score (nSPS) is 12.5. The molecule has 1 rings (SSSR count). The quantitative estimate of drug-likeness (QED) is 0.767. The van der Waals surface area contributed by atoms with Crippen LogP contribution in [0, 0.1) is 6.92 Å². The molecule has 0 saturated carbocycles. The van der Waals surface area contributed by atoms with Gasteiger partial charge in [0.2, 0.25) is 0 Å². The van der Waals surface area contributed by atoms with E-state index in [-0.39, 0.29) is 0 Å². The van der Waals surface area contributed by atoms with Crippen molar-refractivity contribution in [3.05, 3.63) is 29.3 Å². The van der Waals surface area contributed by atoms with Crippen LogP contribution in [-0.4, -0.2) is 17.6 Å². The molecule has 0 aliphatic rings. The van der Waals surface area contributed by atoms with Crippen molar-refractivity contribution in [1.82, 2.24) is 0 Å². The number of hydrogen-bond donors (Lipinski definition) is 0. The van der Waals surface area contributed by atoms with Crippen molar-refractivity contribution < 1.29 is 13.1 Å². The van der Waals surface area contributed by atoms with E-state index in [9.17, 15) is 4.21 Å². The minimum Gasteiger partial charge on any atom is -0.496 e. The molecule has 0 aromatic heterocycles. The van der Waals surface area contributed by atoms with Crippen molar-refractivity contribution >= 4 is 11.1 Å². The lowest BCUT2D eigenvalue weighted by atomic mass is 10.1. The molecule has 0 bridgehead atoms. The first kappa shape index (κ1) is 11.2. The molecular formula is C10H14O3S. The van der Waals surface area contributed by atoms with Crippen LogP contribution in [-0.2, 0) is 21.9 Å². The van der Waals surface area contributed by atoms with E-state index in [0.29, 0.717) is 6.61 Å². The molecule has 0 fully saturated rings. The van der Waals surface area contributed by atoms with Crippen molar-refractivity contribution in [2.75, 3.05) is 13.4 Å². The number of methoxy groups -OCH3 is 1. The summed E-state index contributed by atoms with van der Waals surface area (Å²) >= 11 is -1.21. The summed E-state index contributed by atoms with van der Waals surface area (Å²) in [5.74, 6) is 0.853. The van der Waals surface area contributed by atoms with Gasteiger partial charge < -0.3 is 4.74 Å². The molecule has 0 radical (unpaired) electrons. The first-order valence-corrected chi connectivity index (χ1v) is 5.72. The van der Waals surface area contributed by atoms with Gasteiger partial charge in [0.05, 0.1) is 13.7 Å². The second-order valence-corrected chi connectivity index (χ2v) is 4.01. The topological polar surface area (TPSA) is 35.5 Å². The van der Waals surface area contributed by atoms with Gasteiger partial charge in [0, 0.05) is 6.26 Å². The van der Waals surface area contributed by atoms with Crippen LogP contribution in [0.25, 0.3) is 0 Å². The van der Waals surface area contributed by atoms with Gasteiger partial charge in [0.1, 0.15) is 5.75 Å². The lowest BCUT2D eigenvalue weighted by molar-refractivity contribution is 0.339. The summed E-state index contributed by atoms with van der Waals surface area (Å²) in [5.41, 5.74) is 2.05. The number of hydrogen-bond acceptors (Lipinski definition) is 3. The van der Waals surface area contributed by atoms with Gasteiger partial charge in [-0.05, 0) is 24.1 Å². The molecule has 1 aromatic carbocycles. The summed E-state index contributed by atoms with van der Waals surface area (Å²) < 4.78 is 20.8. The summed E-state index contributed by atoms with van der Waals surface area (Å²) in [5, 5.41) is 0. The van der Waals surface area contributed by atoms with Crippen LogP contribution >= 0.6 is 0 Å². The van der Waals surface area contributed by atoms with E-state index < -0.39 is 11.1 Å². The summed E-state index contributed by atoms with van der Waals surface area (Å²) in [6.07, 6.45) is 1.51. The maximum atomic E-state index is 10.7. The second-order valence-electron chi connectivity index (χ2n) is 2.97. The molecule has 14 heavy (non-hydrogen) atoms. The molecule has 0 spiro atoms. The van der Waals surface area contributed by atoms with E-state index in [1.54, 1.807) is 7.11 Å². The van der Waals surface area contributed by atoms with Gasteiger partial charge in [-0.3, -0.25) is 4.18 Å². The molecule has 0 N–H and O–H groups in total. The zero-order chi connectivity index (χ0) is 10.6. The molecule has 3 nitrogen and oxygen atoms in total. The highest BCUT2D eigenvalue weighted by Crippen LogP contribution is 2.18. The van der Waals surface area contributed by atoms with Crippen LogP contribution < -0.4 is 4.74 Å². The highest BCUT2D eigenvalue weighted by atomic mass is 32.2. The predicted octanol–water partition coefficient (Wildman–Crippen LogP) is 1.81. The fraction of sp³-hybridized carbons (Fsp3) is 0.400. The third-order valence-electron chi connectivity index (χ3n) is 1.85. The van der Waals surface area contributed by atoms with Crippen LogP contribution in [0.2, 0.25) is 0 Å². The minimum atomic E-state index is -1.21. The highest BCUT2D eigenvalue weighted by molar-refractivity contribution is 7.79. The predicted molar refractivity (Wildman–Crippen MR) is 56.6 cm³/mol. The highest BCUT2D eigenvalue weighted by Gasteiger charge is 2.00. The monoisotopic (exact) mass is 214 g/mol.